The minimum absolute atomic E-state index is 0.0408. The Labute approximate surface area is 156 Å². The van der Waals surface area contributed by atoms with Gasteiger partial charge in [-0.05, 0) is 57.6 Å². The van der Waals surface area contributed by atoms with Crippen molar-refractivity contribution in [1.29, 1.82) is 0 Å². The van der Waals surface area contributed by atoms with Crippen molar-refractivity contribution in [1.82, 2.24) is 15.1 Å². The molecule has 0 atom stereocenters. The number of carbonyl (C=O) groups is 1. The van der Waals surface area contributed by atoms with Crippen LogP contribution in [0.5, 0.6) is 0 Å². The minimum Gasteiger partial charge on any atom is -0.370 e. The molecule has 0 bridgehead atoms. The van der Waals surface area contributed by atoms with Crippen LogP contribution < -0.4 is 10.2 Å². The van der Waals surface area contributed by atoms with E-state index >= 15 is 0 Å². The average molecular weight is 362 g/mol. The molecule has 1 saturated carbocycles. The van der Waals surface area contributed by atoms with E-state index in [2.05, 4.69) is 29.2 Å². The highest BCUT2D eigenvalue weighted by atomic mass is 19.1. The third kappa shape index (κ3) is 4.29. The summed E-state index contributed by atoms with van der Waals surface area (Å²) in [4.78, 5) is 19.1. The molecule has 1 aliphatic heterocycles. The first kappa shape index (κ1) is 19.0. The van der Waals surface area contributed by atoms with Crippen LogP contribution in [0.2, 0.25) is 0 Å². The van der Waals surface area contributed by atoms with Crippen LogP contribution in [0.4, 0.5) is 14.9 Å². The molecule has 1 aliphatic carbocycles. The van der Waals surface area contributed by atoms with Crippen LogP contribution in [0.15, 0.2) is 24.3 Å². The number of rotatable bonds is 4. The number of nitrogens with zero attached hydrogens (tertiary/aromatic N) is 3. The largest absolute Gasteiger partial charge is 0.370 e. The first-order valence-corrected chi connectivity index (χ1v) is 9.71. The highest BCUT2D eigenvalue weighted by Crippen LogP contribution is 2.33. The van der Waals surface area contributed by atoms with Gasteiger partial charge in [0.25, 0.3) is 0 Å². The standard InChI is InChI=1S/C20H31FN4O/c1-23(2)20(10-3-4-11-20)16-22-19(26)25-13-5-12-24(14-15-25)18-8-6-17(21)7-9-18/h6-9H,3-5,10-16H2,1-2H3,(H,22,26). The van der Waals surface area contributed by atoms with Gasteiger partial charge in [-0.25, -0.2) is 9.18 Å². The van der Waals surface area contributed by atoms with E-state index in [9.17, 15) is 9.18 Å². The van der Waals surface area contributed by atoms with Crippen molar-refractivity contribution in [3.8, 4) is 0 Å². The fourth-order valence-electron chi connectivity index (χ4n) is 4.20. The minimum atomic E-state index is -0.216. The van der Waals surface area contributed by atoms with E-state index in [0.717, 1.165) is 51.1 Å². The van der Waals surface area contributed by atoms with Crippen molar-refractivity contribution in [3.05, 3.63) is 30.1 Å². The summed E-state index contributed by atoms with van der Waals surface area (Å²) in [7, 11) is 4.23. The molecule has 144 valence electrons. The monoisotopic (exact) mass is 362 g/mol. The molecule has 1 saturated heterocycles. The Kier molecular flexibility index (Phi) is 6.01. The highest BCUT2D eigenvalue weighted by Gasteiger charge is 2.36. The number of carbonyl (C=O) groups excluding carboxylic acids is 1. The maximum atomic E-state index is 13.1. The van der Waals surface area contributed by atoms with Gasteiger partial charge in [0.2, 0.25) is 0 Å². The molecule has 1 N–H and O–H groups in total. The Morgan fingerprint density at radius 1 is 1.08 bits per heavy atom. The second kappa shape index (κ2) is 8.25. The lowest BCUT2D eigenvalue weighted by molar-refractivity contribution is 0.147. The van der Waals surface area contributed by atoms with Crippen LogP contribution in [-0.4, -0.2) is 68.2 Å². The number of anilines is 1. The molecular formula is C20H31FN4O. The van der Waals surface area contributed by atoms with Crippen molar-refractivity contribution >= 4 is 11.7 Å². The van der Waals surface area contributed by atoms with Crippen LogP contribution in [0, 0.1) is 5.82 Å². The molecule has 0 unspecified atom stereocenters. The molecule has 0 aromatic heterocycles. The van der Waals surface area contributed by atoms with E-state index in [-0.39, 0.29) is 17.4 Å². The van der Waals surface area contributed by atoms with Gasteiger partial charge < -0.3 is 20.0 Å². The Hall–Kier alpha value is -1.82. The van der Waals surface area contributed by atoms with Crippen LogP contribution in [0.3, 0.4) is 0 Å². The first-order chi connectivity index (χ1) is 12.5. The summed E-state index contributed by atoms with van der Waals surface area (Å²) in [5.74, 6) is -0.216. The number of halogens is 1. The molecule has 1 heterocycles. The second-order valence-electron chi connectivity index (χ2n) is 7.79. The van der Waals surface area contributed by atoms with Crippen molar-refractivity contribution in [2.24, 2.45) is 0 Å². The number of hydrogen-bond acceptors (Lipinski definition) is 3. The number of likely N-dealkylation sites (N-methyl/N-ethyl adjacent to an activating group) is 1. The van der Waals surface area contributed by atoms with Gasteiger partial charge in [0.1, 0.15) is 5.82 Å². The van der Waals surface area contributed by atoms with Gasteiger partial charge in [-0.2, -0.15) is 0 Å². The maximum Gasteiger partial charge on any atom is 0.317 e. The van der Waals surface area contributed by atoms with E-state index in [1.165, 1.54) is 25.0 Å². The Morgan fingerprint density at radius 2 is 1.77 bits per heavy atom. The van der Waals surface area contributed by atoms with Crippen molar-refractivity contribution in [3.63, 3.8) is 0 Å². The van der Waals surface area contributed by atoms with E-state index in [1.807, 2.05) is 17.0 Å². The lowest BCUT2D eigenvalue weighted by Gasteiger charge is -2.37. The SMILES string of the molecule is CN(C)C1(CNC(=O)N2CCCN(c3ccc(F)cc3)CC2)CCCC1. The first-order valence-electron chi connectivity index (χ1n) is 9.71. The summed E-state index contributed by atoms with van der Waals surface area (Å²) in [5.41, 5.74) is 1.13. The average Bonchev–Trinajstić information content (AvgIpc) is 2.99. The van der Waals surface area contributed by atoms with Gasteiger partial charge in [0.15, 0.2) is 0 Å². The van der Waals surface area contributed by atoms with Gasteiger partial charge in [0.05, 0.1) is 0 Å². The van der Waals surface area contributed by atoms with E-state index < -0.39 is 0 Å². The summed E-state index contributed by atoms with van der Waals surface area (Å²) in [5, 5.41) is 3.18. The maximum absolute atomic E-state index is 13.1. The third-order valence-corrected chi connectivity index (χ3v) is 6.03. The van der Waals surface area contributed by atoms with Gasteiger partial charge in [-0.3, -0.25) is 0 Å². The Morgan fingerprint density at radius 3 is 2.42 bits per heavy atom. The van der Waals surface area contributed by atoms with E-state index in [0.29, 0.717) is 6.54 Å². The second-order valence-corrected chi connectivity index (χ2v) is 7.79. The zero-order chi connectivity index (χ0) is 18.6. The van der Waals surface area contributed by atoms with E-state index in [1.54, 1.807) is 0 Å². The third-order valence-electron chi connectivity index (χ3n) is 6.03. The Bertz CT molecular complexity index is 598. The molecule has 2 amide bonds. The molecule has 5 nitrogen and oxygen atoms in total. The quantitative estimate of drug-likeness (QED) is 0.895. The van der Waals surface area contributed by atoms with Crippen LogP contribution >= 0.6 is 0 Å². The summed E-state index contributed by atoms with van der Waals surface area (Å²) < 4.78 is 13.1. The van der Waals surface area contributed by atoms with Gasteiger partial charge in [-0.15, -0.1) is 0 Å². The van der Waals surface area contributed by atoms with Crippen molar-refractivity contribution in [2.75, 3.05) is 51.7 Å². The fraction of sp³-hybridized carbons (Fsp3) is 0.650. The summed E-state index contributed by atoms with van der Waals surface area (Å²) in [6.45, 7) is 3.84. The van der Waals surface area contributed by atoms with Gasteiger partial charge in [-0.1, -0.05) is 12.8 Å². The molecule has 26 heavy (non-hydrogen) atoms. The molecule has 2 fully saturated rings. The lowest BCUT2D eigenvalue weighted by atomic mass is 9.96. The summed E-state index contributed by atoms with van der Waals surface area (Å²) >= 11 is 0. The number of hydrogen-bond donors (Lipinski definition) is 1. The molecule has 0 radical (unpaired) electrons. The molecule has 3 rings (SSSR count). The predicted molar refractivity (Wildman–Crippen MR) is 103 cm³/mol. The van der Waals surface area contributed by atoms with Crippen LogP contribution in [0.1, 0.15) is 32.1 Å². The van der Waals surface area contributed by atoms with Gasteiger partial charge >= 0.3 is 6.03 Å². The van der Waals surface area contributed by atoms with Crippen LogP contribution in [-0.2, 0) is 0 Å². The number of urea groups is 1. The molecule has 1 aromatic carbocycles. The van der Waals surface area contributed by atoms with Crippen LogP contribution in [0.25, 0.3) is 0 Å². The summed E-state index contributed by atoms with van der Waals surface area (Å²) in [6.07, 6.45) is 5.70. The highest BCUT2D eigenvalue weighted by molar-refractivity contribution is 5.74. The predicted octanol–water partition coefficient (Wildman–Crippen LogP) is 2.92. The van der Waals surface area contributed by atoms with Crippen molar-refractivity contribution in [2.45, 2.75) is 37.6 Å². The molecule has 0 spiro atoms. The summed E-state index contributed by atoms with van der Waals surface area (Å²) in [6, 6.07) is 6.65. The fourth-order valence-corrected chi connectivity index (χ4v) is 4.20. The lowest BCUT2D eigenvalue weighted by Crippen LogP contribution is -2.53. The molecule has 2 aliphatic rings. The molecule has 1 aromatic rings. The Balaban J connectivity index is 1.53. The number of nitrogens with one attached hydrogen (secondary N) is 1. The van der Waals surface area contributed by atoms with E-state index in [4.69, 9.17) is 0 Å². The number of amides is 2. The number of benzene rings is 1. The molecular weight excluding hydrogens is 331 g/mol. The molecule has 6 heteroatoms. The smallest absolute Gasteiger partial charge is 0.317 e. The normalized spacial score (nSPS) is 20.3. The topological polar surface area (TPSA) is 38.8 Å². The van der Waals surface area contributed by atoms with Crippen molar-refractivity contribution < 1.29 is 9.18 Å². The zero-order valence-corrected chi connectivity index (χ0v) is 16.0. The van der Waals surface area contributed by atoms with Gasteiger partial charge in [0, 0.05) is 44.0 Å². The zero-order valence-electron chi connectivity index (χ0n) is 16.0.